The fourth-order valence-electron chi connectivity index (χ4n) is 3.96. The lowest BCUT2D eigenvalue weighted by molar-refractivity contribution is -0.136. The highest BCUT2D eigenvalue weighted by Gasteiger charge is 2.44. The Hall–Kier alpha value is -3.41. The summed E-state index contributed by atoms with van der Waals surface area (Å²) >= 11 is 0. The van der Waals surface area contributed by atoms with Gasteiger partial charge in [-0.15, -0.1) is 0 Å². The lowest BCUT2D eigenvalue weighted by atomic mass is 9.99. The van der Waals surface area contributed by atoms with Gasteiger partial charge in [0.05, 0.1) is 0 Å². The Morgan fingerprint density at radius 1 is 1.03 bits per heavy atom. The zero-order chi connectivity index (χ0) is 21.3. The van der Waals surface area contributed by atoms with Crippen LogP contribution in [0, 0.1) is 6.92 Å². The van der Waals surface area contributed by atoms with Crippen molar-refractivity contribution in [2.24, 2.45) is 0 Å². The molecule has 0 unspecified atom stereocenters. The zero-order valence-corrected chi connectivity index (χ0v) is 17.2. The number of imide groups is 1. The highest BCUT2D eigenvalue weighted by atomic mass is 16.2. The molecule has 1 atom stereocenters. The molecule has 0 radical (unpaired) electrons. The normalized spacial score (nSPS) is 19.3. The molecule has 0 aromatic heterocycles. The Bertz CT molecular complexity index is 998. The molecule has 1 fully saturated rings. The summed E-state index contributed by atoms with van der Waals surface area (Å²) in [5.41, 5.74) is 4.11. The Balaban J connectivity index is 1.43. The molecular formula is C24H25N3O3. The van der Waals surface area contributed by atoms with Gasteiger partial charge in [-0.25, -0.2) is 4.79 Å². The molecule has 0 spiro atoms. The van der Waals surface area contributed by atoms with E-state index in [1.165, 1.54) is 10.5 Å². The summed E-state index contributed by atoms with van der Waals surface area (Å²) in [6.45, 7) is 4.49. The van der Waals surface area contributed by atoms with Gasteiger partial charge in [0.1, 0.15) is 12.6 Å². The molecule has 2 heterocycles. The molecule has 0 bridgehead atoms. The fourth-order valence-corrected chi connectivity index (χ4v) is 3.96. The van der Waals surface area contributed by atoms with Crippen LogP contribution in [-0.4, -0.2) is 53.3 Å². The standard InChI is InChI=1S/C24H25N3O3/c1-17-8-10-21(11-9-17)27-18(2)23(29)26(24(27)30)16-22(28)25-14-12-20(13-15-25)19-6-4-3-5-7-19/h3-12,18H,13-16H2,1-2H3/t18-/m0/s1. The van der Waals surface area contributed by atoms with Crippen molar-refractivity contribution >= 4 is 29.1 Å². The van der Waals surface area contributed by atoms with Crippen molar-refractivity contribution in [1.29, 1.82) is 0 Å². The zero-order valence-electron chi connectivity index (χ0n) is 17.2. The summed E-state index contributed by atoms with van der Waals surface area (Å²) in [4.78, 5) is 42.7. The van der Waals surface area contributed by atoms with E-state index in [0.29, 0.717) is 18.8 Å². The van der Waals surface area contributed by atoms with Gasteiger partial charge in [0, 0.05) is 18.8 Å². The van der Waals surface area contributed by atoms with E-state index in [2.05, 4.69) is 12.1 Å². The van der Waals surface area contributed by atoms with E-state index in [-0.39, 0.29) is 18.4 Å². The van der Waals surface area contributed by atoms with E-state index < -0.39 is 12.1 Å². The van der Waals surface area contributed by atoms with Crippen molar-refractivity contribution in [1.82, 2.24) is 9.80 Å². The van der Waals surface area contributed by atoms with Crippen LogP contribution in [0.15, 0.2) is 60.7 Å². The molecule has 0 saturated carbocycles. The number of carbonyl (C=O) groups is 3. The molecule has 4 rings (SSSR count). The third-order valence-corrected chi connectivity index (χ3v) is 5.76. The van der Waals surface area contributed by atoms with Crippen molar-refractivity contribution in [2.45, 2.75) is 26.3 Å². The molecule has 2 aromatic rings. The maximum Gasteiger partial charge on any atom is 0.332 e. The summed E-state index contributed by atoms with van der Waals surface area (Å²) in [6.07, 6.45) is 2.80. The maximum absolute atomic E-state index is 12.9. The van der Waals surface area contributed by atoms with Gasteiger partial charge in [0.25, 0.3) is 5.91 Å². The first kappa shape index (κ1) is 19.9. The molecule has 6 heteroatoms. The molecule has 1 saturated heterocycles. The molecule has 30 heavy (non-hydrogen) atoms. The second-order valence-corrected chi connectivity index (χ2v) is 7.77. The van der Waals surface area contributed by atoms with Gasteiger partial charge in [-0.1, -0.05) is 54.1 Å². The Morgan fingerprint density at radius 3 is 2.37 bits per heavy atom. The number of carbonyl (C=O) groups excluding carboxylic acids is 3. The number of nitrogens with zero attached hydrogens (tertiary/aromatic N) is 3. The van der Waals surface area contributed by atoms with Gasteiger partial charge in [-0.05, 0) is 43.5 Å². The average molecular weight is 403 g/mol. The molecule has 154 valence electrons. The van der Waals surface area contributed by atoms with E-state index in [0.717, 1.165) is 22.4 Å². The Morgan fingerprint density at radius 2 is 1.73 bits per heavy atom. The maximum atomic E-state index is 12.9. The number of aryl methyl sites for hydroxylation is 1. The third-order valence-electron chi connectivity index (χ3n) is 5.76. The monoisotopic (exact) mass is 403 g/mol. The fraction of sp³-hybridized carbons (Fsp3) is 0.292. The lowest BCUT2D eigenvalue weighted by Crippen LogP contribution is -2.44. The first-order chi connectivity index (χ1) is 14.5. The smallest absolute Gasteiger partial charge is 0.332 e. The van der Waals surface area contributed by atoms with Crippen LogP contribution in [0.1, 0.15) is 24.5 Å². The van der Waals surface area contributed by atoms with Crippen molar-refractivity contribution in [2.75, 3.05) is 24.5 Å². The van der Waals surface area contributed by atoms with Crippen molar-refractivity contribution < 1.29 is 14.4 Å². The quantitative estimate of drug-likeness (QED) is 0.735. The van der Waals surface area contributed by atoms with E-state index in [1.54, 1.807) is 11.8 Å². The highest BCUT2D eigenvalue weighted by molar-refractivity contribution is 6.15. The minimum Gasteiger partial charge on any atom is -0.337 e. The van der Waals surface area contributed by atoms with Gasteiger partial charge < -0.3 is 4.90 Å². The minimum absolute atomic E-state index is 0.210. The van der Waals surface area contributed by atoms with Crippen molar-refractivity contribution in [3.63, 3.8) is 0 Å². The summed E-state index contributed by atoms with van der Waals surface area (Å²) in [6, 6.07) is 16.5. The van der Waals surface area contributed by atoms with Gasteiger partial charge in [-0.2, -0.15) is 0 Å². The van der Waals surface area contributed by atoms with Crippen LogP contribution in [0.3, 0.4) is 0 Å². The Labute approximate surface area is 176 Å². The summed E-state index contributed by atoms with van der Waals surface area (Å²) in [7, 11) is 0. The highest BCUT2D eigenvalue weighted by Crippen LogP contribution is 2.27. The summed E-state index contributed by atoms with van der Waals surface area (Å²) in [5.74, 6) is -0.551. The van der Waals surface area contributed by atoms with Crippen LogP contribution in [0.5, 0.6) is 0 Å². The predicted octanol–water partition coefficient (Wildman–Crippen LogP) is 3.47. The van der Waals surface area contributed by atoms with Gasteiger partial charge in [0.2, 0.25) is 5.91 Å². The van der Waals surface area contributed by atoms with Crippen molar-refractivity contribution in [3.8, 4) is 0 Å². The molecule has 4 amide bonds. The van der Waals surface area contributed by atoms with Crippen LogP contribution in [0.4, 0.5) is 10.5 Å². The molecule has 0 N–H and O–H groups in total. The number of urea groups is 1. The van der Waals surface area contributed by atoms with E-state index in [9.17, 15) is 14.4 Å². The predicted molar refractivity (Wildman–Crippen MR) is 116 cm³/mol. The molecule has 6 nitrogen and oxygen atoms in total. The van der Waals surface area contributed by atoms with E-state index in [4.69, 9.17) is 0 Å². The number of hydrogen-bond acceptors (Lipinski definition) is 3. The molecule has 2 aromatic carbocycles. The lowest BCUT2D eigenvalue weighted by Gasteiger charge is -2.28. The molecule has 0 aliphatic carbocycles. The third kappa shape index (κ3) is 3.73. The number of benzene rings is 2. The summed E-state index contributed by atoms with van der Waals surface area (Å²) in [5, 5.41) is 0. The van der Waals surface area contributed by atoms with Crippen LogP contribution >= 0.6 is 0 Å². The molecule has 2 aliphatic heterocycles. The SMILES string of the molecule is Cc1ccc(N2C(=O)N(CC(=O)N3CC=C(c4ccccc4)CC3)C(=O)[C@@H]2C)cc1. The topological polar surface area (TPSA) is 60.9 Å². The first-order valence-electron chi connectivity index (χ1n) is 10.2. The second kappa shape index (κ2) is 8.14. The average Bonchev–Trinajstić information content (AvgIpc) is 2.98. The van der Waals surface area contributed by atoms with Gasteiger partial charge in [-0.3, -0.25) is 19.4 Å². The number of hydrogen-bond donors (Lipinski definition) is 0. The summed E-state index contributed by atoms with van der Waals surface area (Å²) < 4.78 is 0. The first-order valence-corrected chi connectivity index (χ1v) is 10.2. The molecule has 2 aliphatic rings. The van der Waals surface area contributed by atoms with Crippen LogP contribution < -0.4 is 4.90 Å². The second-order valence-electron chi connectivity index (χ2n) is 7.77. The molecular weight excluding hydrogens is 378 g/mol. The van der Waals surface area contributed by atoms with E-state index >= 15 is 0 Å². The number of amides is 4. The van der Waals surface area contributed by atoms with Gasteiger partial charge >= 0.3 is 6.03 Å². The van der Waals surface area contributed by atoms with Crippen LogP contribution in [-0.2, 0) is 9.59 Å². The minimum atomic E-state index is -0.626. The van der Waals surface area contributed by atoms with Crippen LogP contribution in [0.25, 0.3) is 5.57 Å². The van der Waals surface area contributed by atoms with Crippen LogP contribution in [0.2, 0.25) is 0 Å². The van der Waals surface area contributed by atoms with Crippen molar-refractivity contribution in [3.05, 3.63) is 71.8 Å². The van der Waals surface area contributed by atoms with Gasteiger partial charge in [0.15, 0.2) is 0 Å². The van der Waals surface area contributed by atoms with E-state index in [1.807, 2.05) is 55.5 Å². The number of rotatable bonds is 4. The largest absolute Gasteiger partial charge is 0.337 e. The number of anilines is 1. The Kier molecular flexibility index (Phi) is 5.40.